The van der Waals surface area contributed by atoms with Crippen molar-refractivity contribution in [2.75, 3.05) is 16.4 Å². The van der Waals surface area contributed by atoms with Crippen LogP contribution >= 0.6 is 23.4 Å². The first-order valence-electron chi connectivity index (χ1n) is 9.22. The fraction of sp³-hybridized carbons (Fsp3) is 0.300. The van der Waals surface area contributed by atoms with E-state index in [0.29, 0.717) is 10.6 Å². The molecule has 2 aromatic carbocycles. The number of benzene rings is 2. The molecular formula is C20H16ClF3N2O3S2. The van der Waals surface area contributed by atoms with Crippen LogP contribution in [-0.2, 0) is 27.2 Å². The Kier molecular flexibility index (Phi) is 5.82. The second kappa shape index (κ2) is 8.14. The van der Waals surface area contributed by atoms with Gasteiger partial charge in [-0.3, -0.25) is 4.79 Å². The molecule has 164 valence electrons. The Morgan fingerprint density at radius 2 is 1.90 bits per heavy atom. The van der Waals surface area contributed by atoms with Crippen LogP contribution in [0.15, 0.2) is 53.5 Å². The monoisotopic (exact) mass is 488 g/mol. The van der Waals surface area contributed by atoms with Crippen molar-refractivity contribution in [3.05, 3.63) is 64.7 Å². The Hall–Kier alpha value is -2.04. The normalized spacial score (nSPS) is 23.9. The molecule has 2 atom stereocenters. The number of sulfone groups is 1. The predicted molar refractivity (Wildman–Crippen MR) is 115 cm³/mol. The van der Waals surface area contributed by atoms with Gasteiger partial charge in [0, 0.05) is 16.0 Å². The molecule has 11 heteroatoms. The Morgan fingerprint density at radius 3 is 2.61 bits per heavy atom. The van der Waals surface area contributed by atoms with Crippen LogP contribution in [0.3, 0.4) is 0 Å². The van der Waals surface area contributed by atoms with Crippen LogP contribution in [0, 0.1) is 0 Å². The SMILES string of the molecule is O=C(Cc1ccccc1Cl)N=C1S[C@@H]2CS(=O)(=O)C[C@@H]2N1c1cccc(C(F)(F)F)c1. The number of nitrogens with zero attached hydrogens (tertiary/aromatic N) is 2. The first kappa shape index (κ1) is 22.2. The van der Waals surface area contributed by atoms with Gasteiger partial charge in [0.05, 0.1) is 29.5 Å². The smallest absolute Gasteiger partial charge is 0.316 e. The molecule has 0 N–H and O–H groups in total. The van der Waals surface area contributed by atoms with E-state index in [9.17, 15) is 26.4 Å². The lowest BCUT2D eigenvalue weighted by Gasteiger charge is -2.25. The zero-order chi connectivity index (χ0) is 22.4. The molecule has 31 heavy (non-hydrogen) atoms. The summed E-state index contributed by atoms with van der Waals surface area (Å²) in [5.41, 5.74) is -0.132. The fourth-order valence-corrected chi connectivity index (χ4v) is 7.78. The van der Waals surface area contributed by atoms with E-state index in [-0.39, 0.29) is 28.8 Å². The summed E-state index contributed by atoms with van der Waals surface area (Å²) >= 11 is 7.19. The van der Waals surface area contributed by atoms with Gasteiger partial charge in [0.1, 0.15) is 0 Å². The van der Waals surface area contributed by atoms with Crippen LogP contribution in [0.5, 0.6) is 0 Å². The zero-order valence-electron chi connectivity index (χ0n) is 15.8. The molecular weight excluding hydrogens is 473 g/mol. The highest BCUT2D eigenvalue weighted by Crippen LogP contribution is 2.42. The lowest BCUT2D eigenvalue weighted by Crippen LogP contribution is -2.38. The summed E-state index contributed by atoms with van der Waals surface area (Å²) in [4.78, 5) is 18.2. The summed E-state index contributed by atoms with van der Waals surface area (Å²) in [6.07, 6.45) is -4.63. The number of alkyl halides is 3. The lowest BCUT2D eigenvalue weighted by atomic mass is 10.1. The van der Waals surface area contributed by atoms with Crippen LogP contribution in [-0.4, -0.2) is 42.3 Å². The van der Waals surface area contributed by atoms with Gasteiger partial charge in [-0.05, 0) is 29.8 Å². The van der Waals surface area contributed by atoms with Crippen molar-refractivity contribution in [3.63, 3.8) is 0 Å². The lowest BCUT2D eigenvalue weighted by molar-refractivity contribution is -0.137. The van der Waals surface area contributed by atoms with Crippen molar-refractivity contribution in [2.45, 2.75) is 23.9 Å². The minimum atomic E-state index is -4.55. The Bertz CT molecular complexity index is 1170. The molecule has 0 spiro atoms. The summed E-state index contributed by atoms with van der Waals surface area (Å²) in [6, 6.07) is 10.8. The van der Waals surface area contributed by atoms with Crippen LogP contribution in [0.25, 0.3) is 0 Å². The van der Waals surface area contributed by atoms with E-state index in [0.717, 1.165) is 23.9 Å². The van der Waals surface area contributed by atoms with E-state index in [2.05, 4.69) is 4.99 Å². The molecule has 0 unspecified atom stereocenters. The molecule has 5 nitrogen and oxygen atoms in total. The van der Waals surface area contributed by atoms with Gasteiger partial charge in [-0.2, -0.15) is 18.2 Å². The first-order valence-corrected chi connectivity index (χ1v) is 12.3. The van der Waals surface area contributed by atoms with Crippen molar-refractivity contribution in [3.8, 4) is 0 Å². The summed E-state index contributed by atoms with van der Waals surface area (Å²) in [7, 11) is -3.33. The quantitative estimate of drug-likeness (QED) is 0.647. The Labute approximate surface area is 186 Å². The summed E-state index contributed by atoms with van der Waals surface area (Å²) in [6.45, 7) is 0. The number of thioether (sulfide) groups is 1. The highest BCUT2D eigenvalue weighted by molar-refractivity contribution is 8.16. The maximum absolute atomic E-state index is 13.2. The number of rotatable bonds is 3. The van der Waals surface area contributed by atoms with Gasteiger partial charge in [0.15, 0.2) is 15.0 Å². The number of halogens is 4. The number of carbonyl (C=O) groups is 1. The third kappa shape index (κ3) is 4.75. The summed E-state index contributed by atoms with van der Waals surface area (Å²) in [5.74, 6) is -0.843. The molecule has 0 bridgehead atoms. The number of fused-ring (bicyclic) bond motifs is 1. The van der Waals surface area contributed by atoms with Crippen molar-refractivity contribution < 1.29 is 26.4 Å². The second-order valence-electron chi connectivity index (χ2n) is 7.27. The van der Waals surface area contributed by atoms with E-state index in [1.807, 2.05) is 0 Å². The zero-order valence-corrected chi connectivity index (χ0v) is 18.2. The molecule has 2 saturated heterocycles. The highest BCUT2D eigenvalue weighted by Gasteiger charge is 2.49. The number of aliphatic imine (C=N–C) groups is 1. The molecule has 0 aromatic heterocycles. The van der Waals surface area contributed by atoms with Crippen LogP contribution in [0.4, 0.5) is 18.9 Å². The van der Waals surface area contributed by atoms with Crippen molar-refractivity contribution in [1.29, 1.82) is 0 Å². The van der Waals surface area contributed by atoms with Crippen LogP contribution in [0.2, 0.25) is 5.02 Å². The molecule has 2 fully saturated rings. The molecule has 2 aliphatic rings. The topological polar surface area (TPSA) is 66.8 Å². The van der Waals surface area contributed by atoms with Crippen molar-refractivity contribution >= 4 is 50.0 Å². The number of hydrogen-bond donors (Lipinski definition) is 0. The fourth-order valence-electron chi connectivity index (χ4n) is 3.65. The van der Waals surface area contributed by atoms with Crippen molar-refractivity contribution in [1.82, 2.24) is 0 Å². The van der Waals surface area contributed by atoms with Gasteiger partial charge >= 0.3 is 6.18 Å². The number of carbonyl (C=O) groups excluding carboxylic acids is 1. The molecule has 2 aliphatic heterocycles. The molecule has 0 saturated carbocycles. The number of amides is 1. The van der Waals surface area contributed by atoms with Crippen LogP contribution in [0.1, 0.15) is 11.1 Å². The van der Waals surface area contributed by atoms with Gasteiger partial charge in [-0.15, -0.1) is 0 Å². The average Bonchev–Trinajstić information content (AvgIpc) is 3.13. The molecule has 0 radical (unpaired) electrons. The third-order valence-corrected chi connectivity index (χ3v) is 8.62. The van der Waals surface area contributed by atoms with Gasteiger partial charge in [-0.25, -0.2) is 8.42 Å². The first-order chi connectivity index (χ1) is 14.5. The van der Waals surface area contributed by atoms with E-state index in [1.165, 1.54) is 17.0 Å². The standard InChI is InChI=1S/C20H16ClF3N2O3S2/c21-15-7-2-1-4-12(15)8-18(27)25-19-26(16-10-31(28,29)11-17(16)30-19)14-6-3-5-13(9-14)20(22,23)24/h1-7,9,16-17H,8,10-11H2/t16-,17+/m0/s1. The van der Waals surface area contributed by atoms with Crippen LogP contribution < -0.4 is 4.90 Å². The molecule has 2 heterocycles. The van der Waals surface area contributed by atoms with E-state index >= 15 is 0 Å². The van der Waals surface area contributed by atoms with E-state index < -0.39 is 38.8 Å². The molecule has 2 aromatic rings. The van der Waals surface area contributed by atoms with Gasteiger partial charge in [-0.1, -0.05) is 47.6 Å². The summed E-state index contributed by atoms with van der Waals surface area (Å²) < 4.78 is 63.9. The Morgan fingerprint density at radius 1 is 1.16 bits per heavy atom. The predicted octanol–water partition coefficient (Wildman–Crippen LogP) is 4.20. The highest BCUT2D eigenvalue weighted by atomic mass is 35.5. The Balaban J connectivity index is 1.69. The maximum Gasteiger partial charge on any atom is 0.416 e. The molecule has 4 rings (SSSR count). The van der Waals surface area contributed by atoms with Gasteiger partial charge in [0.2, 0.25) is 0 Å². The molecule has 0 aliphatic carbocycles. The third-order valence-electron chi connectivity index (χ3n) is 5.04. The van der Waals surface area contributed by atoms with Gasteiger partial charge in [0.25, 0.3) is 5.91 Å². The molecule has 1 amide bonds. The minimum absolute atomic E-state index is 0.0756. The number of hydrogen-bond acceptors (Lipinski definition) is 4. The van der Waals surface area contributed by atoms with Crippen molar-refractivity contribution in [2.24, 2.45) is 4.99 Å². The number of anilines is 1. The minimum Gasteiger partial charge on any atom is -0.316 e. The van der Waals surface area contributed by atoms with E-state index in [1.54, 1.807) is 24.3 Å². The average molecular weight is 489 g/mol. The number of amidine groups is 1. The maximum atomic E-state index is 13.2. The summed E-state index contributed by atoms with van der Waals surface area (Å²) in [5, 5.41) is 0.195. The van der Waals surface area contributed by atoms with Gasteiger partial charge < -0.3 is 4.90 Å². The second-order valence-corrected chi connectivity index (χ2v) is 11.0. The van der Waals surface area contributed by atoms with E-state index in [4.69, 9.17) is 11.6 Å². The largest absolute Gasteiger partial charge is 0.416 e.